The lowest BCUT2D eigenvalue weighted by Gasteiger charge is -2.10. The minimum absolute atomic E-state index is 0.122. The SMILES string of the molecule is Cc1cn(-c2ccc(S(=O)(=O)c3cn(C)c4ccc(F)c(C)c34)c(C)c2)cn1. The van der Waals surface area contributed by atoms with E-state index in [0.29, 0.717) is 22.0 Å². The van der Waals surface area contributed by atoms with Crippen LogP contribution in [0.2, 0.25) is 0 Å². The van der Waals surface area contributed by atoms with Gasteiger partial charge in [-0.05, 0) is 62.2 Å². The van der Waals surface area contributed by atoms with Gasteiger partial charge in [0.2, 0.25) is 9.84 Å². The van der Waals surface area contributed by atoms with Crippen LogP contribution in [0.15, 0.2) is 58.8 Å². The molecule has 144 valence electrons. The van der Waals surface area contributed by atoms with Gasteiger partial charge >= 0.3 is 0 Å². The molecule has 0 aliphatic rings. The van der Waals surface area contributed by atoms with Gasteiger partial charge in [0.15, 0.2) is 0 Å². The van der Waals surface area contributed by atoms with E-state index in [-0.39, 0.29) is 9.79 Å². The molecule has 0 fully saturated rings. The fraction of sp³-hybridized carbons (Fsp3) is 0.190. The van der Waals surface area contributed by atoms with E-state index >= 15 is 0 Å². The first-order valence-electron chi connectivity index (χ1n) is 8.81. The van der Waals surface area contributed by atoms with Crippen molar-refractivity contribution in [2.45, 2.75) is 30.6 Å². The number of rotatable bonds is 3. The highest BCUT2D eigenvalue weighted by Gasteiger charge is 2.26. The van der Waals surface area contributed by atoms with Gasteiger partial charge in [-0.2, -0.15) is 0 Å². The number of hydrogen-bond donors (Lipinski definition) is 0. The number of sulfone groups is 1. The minimum atomic E-state index is -3.82. The van der Waals surface area contributed by atoms with Gasteiger partial charge in [-0.1, -0.05) is 0 Å². The molecular weight excluding hydrogens is 377 g/mol. The Morgan fingerprint density at radius 1 is 1.00 bits per heavy atom. The average molecular weight is 397 g/mol. The summed E-state index contributed by atoms with van der Waals surface area (Å²) >= 11 is 0. The van der Waals surface area contributed by atoms with Crippen molar-refractivity contribution in [3.05, 3.63) is 71.7 Å². The number of fused-ring (bicyclic) bond motifs is 1. The monoisotopic (exact) mass is 397 g/mol. The van der Waals surface area contributed by atoms with E-state index in [9.17, 15) is 12.8 Å². The highest BCUT2D eigenvalue weighted by Crippen LogP contribution is 2.34. The zero-order chi connectivity index (χ0) is 20.2. The number of hydrogen-bond acceptors (Lipinski definition) is 3. The van der Waals surface area contributed by atoms with Crippen LogP contribution in [-0.4, -0.2) is 22.5 Å². The van der Waals surface area contributed by atoms with E-state index in [2.05, 4.69) is 4.98 Å². The lowest BCUT2D eigenvalue weighted by atomic mass is 10.1. The molecule has 0 unspecified atom stereocenters. The largest absolute Gasteiger partial charge is 0.349 e. The van der Waals surface area contributed by atoms with E-state index in [1.807, 2.05) is 23.8 Å². The van der Waals surface area contributed by atoms with E-state index in [0.717, 1.165) is 11.4 Å². The fourth-order valence-corrected chi connectivity index (χ4v) is 5.36. The van der Waals surface area contributed by atoms with Gasteiger partial charge in [0.1, 0.15) is 5.82 Å². The maximum atomic E-state index is 14.1. The Morgan fingerprint density at radius 2 is 1.75 bits per heavy atom. The molecule has 7 heteroatoms. The molecule has 0 aliphatic carbocycles. The molecule has 2 aromatic carbocycles. The number of halogens is 1. The first-order valence-corrected chi connectivity index (χ1v) is 10.3. The normalized spacial score (nSPS) is 12.0. The topological polar surface area (TPSA) is 56.9 Å². The highest BCUT2D eigenvalue weighted by molar-refractivity contribution is 7.91. The Morgan fingerprint density at radius 3 is 2.39 bits per heavy atom. The van der Waals surface area contributed by atoms with Crippen LogP contribution < -0.4 is 0 Å². The number of nitrogens with zero attached hydrogens (tertiary/aromatic N) is 3. The highest BCUT2D eigenvalue weighted by atomic mass is 32.2. The molecule has 0 N–H and O–H groups in total. The number of benzene rings is 2. The van der Waals surface area contributed by atoms with Crippen molar-refractivity contribution in [1.29, 1.82) is 0 Å². The van der Waals surface area contributed by atoms with Gasteiger partial charge in [-0.3, -0.25) is 0 Å². The molecule has 5 nitrogen and oxygen atoms in total. The van der Waals surface area contributed by atoms with Crippen molar-refractivity contribution in [3.8, 4) is 5.69 Å². The van der Waals surface area contributed by atoms with Crippen LogP contribution in [-0.2, 0) is 16.9 Å². The summed E-state index contributed by atoms with van der Waals surface area (Å²) in [6.45, 7) is 5.26. The second-order valence-corrected chi connectivity index (χ2v) is 8.93. The Labute approximate surface area is 163 Å². The van der Waals surface area contributed by atoms with Gasteiger partial charge in [0, 0.05) is 36.0 Å². The Bertz CT molecular complexity index is 1330. The van der Waals surface area contributed by atoms with Crippen molar-refractivity contribution >= 4 is 20.7 Å². The van der Waals surface area contributed by atoms with Crippen molar-refractivity contribution in [2.24, 2.45) is 7.05 Å². The van der Waals surface area contributed by atoms with E-state index in [4.69, 9.17) is 0 Å². The molecule has 0 radical (unpaired) electrons. The van der Waals surface area contributed by atoms with Gasteiger partial charge in [0.05, 0.1) is 21.8 Å². The van der Waals surface area contributed by atoms with Crippen molar-refractivity contribution in [3.63, 3.8) is 0 Å². The standard InChI is InChI=1S/C21H20FN3O2S/c1-13-9-16(25-10-14(2)23-12-25)5-8-19(13)28(26,27)20-11-24(4)18-7-6-17(22)15(3)21(18)20/h5-12H,1-4H3. The van der Waals surface area contributed by atoms with Crippen molar-refractivity contribution in [1.82, 2.24) is 14.1 Å². The third-order valence-electron chi connectivity index (χ3n) is 5.06. The quantitative estimate of drug-likeness (QED) is 0.519. The molecule has 0 amide bonds. The van der Waals surface area contributed by atoms with Gasteiger partial charge in [-0.15, -0.1) is 0 Å². The molecule has 4 rings (SSSR count). The molecule has 2 heterocycles. The molecule has 0 saturated carbocycles. The molecule has 0 spiro atoms. The smallest absolute Gasteiger partial charge is 0.208 e. The first-order chi connectivity index (χ1) is 13.2. The summed E-state index contributed by atoms with van der Waals surface area (Å²) in [6, 6.07) is 8.13. The summed E-state index contributed by atoms with van der Waals surface area (Å²) in [5, 5.41) is 0.427. The summed E-state index contributed by atoms with van der Waals surface area (Å²) in [7, 11) is -2.06. The predicted octanol–water partition coefficient (Wildman–Crippen LogP) is 4.26. The van der Waals surface area contributed by atoms with Crippen LogP contribution in [0, 0.1) is 26.6 Å². The number of imidazole rings is 1. The third-order valence-corrected chi connectivity index (χ3v) is 6.99. The molecule has 4 aromatic rings. The summed E-state index contributed by atoms with van der Waals surface area (Å²) in [6.07, 6.45) is 5.12. The Hall–Kier alpha value is -2.93. The van der Waals surface area contributed by atoms with E-state index in [1.165, 1.54) is 6.07 Å². The van der Waals surface area contributed by atoms with E-state index < -0.39 is 15.7 Å². The van der Waals surface area contributed by atoms with Crippen LogP contribution in [0.5, 0.6) is 0 Å². The lowest BCUT2D eigenvalue weighted by molar-refractivity contribution is 0.595. The van der Waals surface area contributed by atoms with Gasteiger partial charge in [-0.25, -0.2) is 17.8 Å². The molecule has 28 heavy (non-hydrogen) atoms. The maximum absolute atomic E-state index is 14.1. The third kappa shape index (κ3) is 2.74. The molecule has 0 aliphatic heterocycles. The molecule has 0 bridgehead atoms. The predicted molar refractivity (Wildman–Crippen MR) is 106 cm³/mol. The molecular formula is C21H20FN3O2S. The van der Waals surface area contributed by atoms with E-state index in [1.54, 1.807) is 56.2 Å². The zero-order valence-corrected chi connectivity index (χ0v) is 16.9. The second kappa shape index (κ2) is 6.31. The Kier molecular flexibility index (Phi) is 4.15. The van der Waals surface area contributed by atoms with Crippen molar-refractivity contribution < 1.29 is 12.8 Å². The summed E-state index contributed by atoms with van der Waals surface area (Å²) in [4.78, 5) is 4.54. The Balaban J connectivity index is 1.90. The maximum Gasteiger partial charge on any atom is 0.208 e. The van der Waals surface area contributed by atoms with Crippen LogP contribution in [0.4, 0.5) is 4.39 Å². The number of aromatic nitrogens is 3. The average Bonchev–Trinajstić information content (AvgIpc) is 3.22. The summed E-state index contributed by atoms with van der Waals surface area (Å²) < 4.78 is 44.6. The van der Waals surface area contributed by atoms with Gasteiger partial charge in [0.25, 0.3) is 0 Å². The molecule has 2 aromatic heterocycles. The van der Waals surface area contributed by atoms with Gasteiger partial charge < -0.3 is 9.13 Å². The molecule has 0 atom stereocenters. The second-order valence-electron chi connectivity index (χ2n) is 7.05. The molecule has 0 saturated heterocycles. The van der Waals surface area contributed by atoms with Crippen LogP contribution in [0.3, 0.4) is 0 Å². The van der Waals surface area contributed by atoms with Crippen LogP contribution in [0.1, 0.15) is 16.8 Å². The minimum Gasteiger partial charge on any atom is -0.349 e. The first kappa shape index (κ1) is 18.4. The van der Waals surface area contributed by atoms with Crippen LogP contribution in [0.25, 0.3) is 16.6 Å². The summed E-state index contributed by atoms with van der Waals surface area (Å²) in [5.74, 6) is -0.419. The van der Waals surface area contributed by atoms with Crippen molar-refractivity contribution in [2.75, 3.05) is 0 Å². The number of aryl methyl sites for hydroxylation is 4. The van der Waals surface area contributed by atoms with Crippen LogP contribution >= 0.6 is 0 Å². The zero-order valence-electron chi connectivity index (χ0n) is 16.1. The summed E-state index contributed by atoms with van der Waals surface area (Å²) in [5.41, 5.74) is 3.34. The lowest BCUT2D eigenvalue weighted by Crippen LogP contribution is -2.05. The fourth-order valence-electron chi connectivity index (χ4n) is 3.57.